The molecule has 0 radical (unpaired) electrons. The lowest BCUT2D eigenvalue weighted by molar-refractivity contribution is 0.663. The zero-order chi connectivity index (χ0) is 10.7. The molecule has 0 bridgehead atoms. The third kappa shape index (κ3) is 2.90. The topological polar surface area (TPSA) is 12.0 Å². The van der Waals surface area contributed by atoms with Gasteiger partial charge in [-0.25, -0.2) is 0 Å². The van der Waals surface area contributed by atoms with Crippen LogP contribution in [-0.4, -0.2) is 17.5 Å². The van der Waals surface area contributed by atoms with Crippen molar-refractivity contribution in [1.82, 2.24) is 5.32 Å². The maximum absolute atomic E-state index is 6.08. The Morgan fingerprint density at radius 1 is 1.40 bits per heavy atom. The fourth-order valence-corrected chi connectivity index (χ4v) is 2.62. The molecular weight excluding hydrogens is 226 g/mol. The molecule has 1 saturated carbocycles. The van der Waals surface area contributed by atoms with Crippen LogP contribution in [0.3, 0.4) is 0 Å². The molecule has 0 saturated heterocycles. The van der Waals surface area contributed by atoms with Gasteiger partial charge in [-0.2, -0.15) is 11.8 Å². The third-order valence-corrected chi connectivity index (χ3v) is 4.75. The fraction of sp³-hybridized carbons (Fsp3) is 0.500. The van der Waals surface area contributed by atoms with Gasteiger partial charge in [-0.3, -0.25) is 0 Å². The van der Waals surface area contributed by atoms with E-state index in [-0.39, 0.29) is 0 Å². The van der Waals surface area contributed by atoms with Gasteiger partial charge in [0.25, 0.3) is 0 Å². The van der Waals surface area contributed by atoms with Gasteiger partial charge >= 0.3 is 0 Å². The summed E-state index contributed by atoms with van der Waals surface area (Å²) in [5.74, 6) is 0. The summed E-state index contributed by atoms with van der Waals surface area (Å²) in [5, 5.41) is 4.35. The molecule has 0 amide bonds. The molecule has 1 aliphatic carbocycles. The van der Waals surface area contributed by atoms with Crippen LogP contribution in [0.25, 0.3) is 0 Å². The Labute approximate surface area is 101 Å². The number of hydrogen-bond acceptors (Lipinski definition) is 2. The van der Waals surface area contributed by atoms with E-state index in [1.807, 2.05) is 30.0 Å². The molecule has 0 atom stereocenters. The van der Waals surface area contributed by atoms with E-state index in [1.54, 1.807) is 0 Å². The minimum absolute atomic E-state index is 0.529. The highest BCUT2D eigenvalue weighted by Gasteiger charge is 2.41. The van der Waals surface area contributed by atoms with E-state index in [9.17, 15) is 0 Å². The molecule has 1 fully saturated rings. The quantitative estimate of drug-likeness (QED) is 0.849. The molecule has 0 unspecified atom stereocenters. The average molecular weight is 242 g/mol. The number of rotatable bonds is 5. The molecule has 82 valence electrons. The van der Waals surface area contributed by atoms with E-state index in [1.165, 1.54) is 18.4 Å². The van der Waals surface area contributed by atoms with Crippen LogP contribution < -0.4 is 5.32 Å². The van der Waals surface area contributed by atoms with Crippen molar-refractivity contribution in [3.8, 4) is 0 Å². The van der Waals surface area contributed by atoms with Crippen LogP contribution in [-0.2, 0) is 6.54 Å². The SMILES string of the molecule is CSC1(CNCc2ccccc2Cl)CC1. The first-order valence-corrected chi connectivity index (χ1v) is 6.85. The lowest BCUT2D eigenvalue weighted by Gasteiger charge is -2.13. The predicted molar refractivity (Wildman–Crippen MR) is 68.6 cm³/mol. The highest BCUT2D eigenvalue weighted by atomic mass is 35.5. The molecule has 2 rings (SSSR count). The van der Waals surface area contributed by atoms with Gasteiger partial charge in [0, 0.05) is 22.9 Å². The zero-order valence-corrected chi connectivity index (χ0v) is 10.5. The van der Waals surface area contributed by atoms with E-state index >= 15 is 0 Å². The Bertz CT molecular complexity index is 336. The lowest BCUT2D eigenvalue weighted by Crippen LogP contribution is -2.25. The first-order chi connectivity index (χ1) is 7.26. The Morgan fingerprint density at radius 2 is 2.13 bits per heavy atom. The van der Waals surface area contributed by atoms with Crippen molar-refractivity contribution >= 4 is 23.4 Å². The molecule has 15 heavy (non-hydrogen) atoms. The predicted octanol–water partition coefficient (Wildman–Crippen LogP) is 3.33. The molecule has 1 aromatic rings. The normalized spacial score (nSPS) is 17.7. The van der Waals surface area contributed by atoms with Crippen LogP contribution >= 0.6 is 23.4 Å². The monoisotopic (exact) mass is 241 g/mol. The summed E-state index contributed by atoms with van der Waals surface area (Å²) in [7, 11) is 0. The summed E-state index contributed by atoms with van der Waals surface area (Å²) in [6.45, 7) is 1.97. The van der Waals surface area contributed by atoms with E-state index < -0.39 is 0 Å². The van der Waals surface area contributed by atoms with Crippen LogP contribution in [0.1, 0.15) is 18.4 Å². The Kier molecular flexibility index (Phi) is 3.60. The van der Waals surface area contributed by atoms with Crippen molar-refractivity contribution in [1.29, 1.82) is 0 Å². The number of benzene rings is 1. The molecular formula is C12H16ClNS. The van der Waals surface area contributed by atoms with Gasteiger partial charge in [0.05, 0.1) is 0 Å². The summed E-state index contributed by atoms with van der Waals surface area (Å²) >= 11 is 8.06. The van der Waals surface area contributed by atoms with Gasteiger partial charge in [-0.05, 0) is 30.7 Å². The zero-order valence-electron chi connectivity index (χ0n) is 8.92. The van der Waals surface area contributed by atoms with Gasteiger partial charge in [0.2, 0.25) is 0 Å². The minimum Gasteiger partial charge on any atom is -0.311 e. The summed E-state index contributed by atoms with van der Waals surface area (Å²) < 4.78 is 0.529. The van der Waals surface area contributed by atoms with Crippen LogP contribution in [0.5, 0.6) is 0 Å². The second-order valence-corrected chi connectivity index (χ2v) is 5.76. The summed E-state index contributed by atoms with van der Waals surface area (Å²) in [6.07, 6.45) is 4.90. The van der Waals surface area contributed by atoms with Crippen LogP contribution in [0.15, 0.2) is 24.3 Å². The lowest BCUT2D eigenvalue weighted by atomic mass is 10.2. The molecule has 0 aromatic heterocycles. The standard InChI is InChI=1S/C12H16ClNS/c1-15-12(6-7-12)9-14-8-10-4-2-3-5-11(10)13/h2-5,14H,6-9H2,1H3. The van der Waals surface area contributed by atoms with E-state index in [2.05, 4.69) is 17.6 Å². The van der Waals surface area contributed by atoms with Crippen LogP contribution in [0, 0.1) is 0 Å². The maximum Gasteiger partial charge on any atom is 0.0450 e. The first kappa shape index (κ1) is 11.3. The first-order valence-electron chi connectivity index (χ1n) is 5.25. The number of halogens is 1. The van der Waals surface area contributed by atoms with E-state index in [4.69, 9.17) is 11.6 Å². The van der Waals surface area contributed by atoms with Crippen molar-refractivity contribution in [2.45, 2.75) is 24.1 Å². The second-order valence-electron chi connectivity index (χ2n) is 4.08. The van der Waals surface area contributed by atoms with Crippen LogP contribution in [0.4, 0.5) is 0 Å². The fourth-order valence-electron chi connectivity index (χ4n) is 1.66. The number of hydrogen-bond donors (Lipinski definition) is 1. The molecule has 0 heterocycles. The second kappa shape index (κ2) is 4.77. The van der Waals surface area contributed by atoms with Gasteiger partial charge < -0.3 is 5.32 Å². The molecule has 3 heteroatoms. The summed E-state index contributed by atoms with van der Waals surface area (Å²) in [6, 6.07) is 8.02. The number of nitrogens with one attached hydrogen (secondary N) is 1. The summed E-state index contributed by atoms with van der Waals surface area (Å²) in [4.78, 5) is 0. The summed E-state index contributed by atoms with van der Waals surface area (Å²) in [5.41, 5.74) is 1.19. The Balaban J connectivity index is 1.81. The third-order valence-electron chi connectivity index (χ3n) is 2.96. The smallest absolute Gasteiger partial charge is 0.0450 e. The Hall–Kier alpha value is -0.180. The Morgan fingerprint density at radius 3 is 2.73 bits per heavy atom. The van der Waals surface area contributed by atoms with Gasteiger partial charge in [0.1, 0.15) is 0 Å². The van der Waals surface area contributed by atoms with E-state index in [0.29, 0.717) is 4.75 Å². The van der Waals surface area contributed by atoms with Crippen molar-refractivity contribution in [3.05, 3.63) is 34.9 Å². The minimum atomic E-state index is 0.529. The van der Waals surface area contributed by atoms with E-state index in [0.717, 1.165) is 18.1 Å². The van der Waals surface area contributed by atoms with Gasteiger partial charge in [-0.1, -0.05) is 29.8 Å². The molecule has 1 nitrogen and oxygen atoms in total. The molecule has 0 aliphatic heterocycles. The average Bonchev–Trinajstić information content (AvgIpc) is 3.02. The van der Waals surface area contributed by atoms with Gasteiger partial charge in [-0.15, -0.1) is 0 Å². The van der Waals surface area contributed by atoms with Crippen molar-refractivity contribution in [3.63, 3.8) is 0 Å². The highest BCUT2D eigenvalue weighted by Crippen LogP contribution is 2.46. The van der Waals surface area contributed by atoms with Crippen molar-refractivity contribution < 1.29 is 0 Å². The molecule has 1 aliphatic rings. The highest BCUT2D eigenvalue weighted by molar-refractivity contribution is 8.00. The number of thioether (sulfide) groups is 1. The molecule has 1 aromatic carbocycles. The van der Waals surface area contributed by atoms with Crippen LogP contribution in [0.2, 0.25) is 5.02 Å². The maximum atomic E-state index is 6.08. The largest absolute Gasteiger partial charge is 0.311 e. The van der Waals surface area contributed by atoms with Gasteiger partial charge in [0.15, 0.2) is 0 Å². The molecule has 1 N–H and O–H groups in total. The van der Waals surface area contributed by atoms with Crippen molar-refractivity contribution in [2.24, 2.45) is 0 Å². The molecule has 0 spiro atoms. The van der Waals surface area contributed by atoms with Crippen molar-refractivity contribution in [2.75, 3.05) is 12.8 Å².